The summed E-state index contributed by atoms with van der Waals surface area (Å²) in [5, 5.41) is 16.4. The molecule has 1 atom stereocenters. The van der Waals surface area contributed by atoms with Gasteiger partial charge in [0.1, 0.15) is 0 Å². The second-order valence-corrected chi connectivity index (χ2v) is 1.73. The highest BCUT2D eigenvalue weighted by Gasteiger charge is 2.14. The molecule has 0 aliphatic carbocycles. The Morgan fingerprint density at radius 3 is 2.56 bits per heavy atom. The van der Waals surface area contributed by atoms with E-state index in [4.69, 9.17) is 10.5 Å². The van der Waals surface area contributed by atoms with Gasteiger partial charge in [0, 0.05) is 0 Å². The number of rotatable bonds is 3. The van der Waals surface area contributed by atoms with Gasteiger partial charge >= 0.3 is 12.5 Å². The molecule has 0 rings (SSSR count). The van der Waals surface area contributed by atoms with Crippen LogP contribution in [0.2, 0.25) is 0 Å². The maximum atomic E-state index is 8.35. The molecule has 0 aromatic heterocycles. The molecule has 1 unspecified atom stereocenters. The van der Waals surface area contributed by atoms with Gasteiger partial charge in [-0.3, -0.25) is 0 Å². The summed E-state index contributed by atoms with van der Waals surface area (Å²) in [5.41, 5.74) is 0. The first-order valence-corrected chi connectivity index (χ1v) is 2.86. The third-order valence-electron chi connectivity index (χ3n) is 1.10. The van der Waals surface area contributed by atoms with Crippen LogP contribution in [0.4, 0.5) is 0 Å². The third kappa shape index (κ3) is 3.43. The molecule has 0 aliphatic heterocycles. The number of hydrogen-bond acceptors (Lipinski definition) is 2. The average molecular weight is 120 g/mol. The Morgan fingerprint density at radius 1 is 1.56 bits per heavy atom. The lowest BCUT2D eigenvalue weighted by Gasteiger charge is -1.89. The first-order valence-electron chi connectivity index (χ1n) is 2.86. The van der Waals surface area contributed by atoms with E-state index < -0.39 is 0 Å². The SMILES string of the molecule is CCC(C#N)C[C+]C#N. The van der Waals surface area contributed by atoms with Gasteiger partial charge in [-0.1, -0.05) is 6.92 Å². The highest BCUT2D eigenvalue weighted by Crippen LogP contribution is 2.06. The van der Waals surface area contributed by atoms with E-state index in [2.05, 4.69) is 12.5 Å². The molecule has 0 saturated heterocycles. The van der Waals surface area contributed by atoms with Gasteiger partial charge < -0.3 is 0 Å². The van der Waals surface area contributed by atoms with Crippen molar-refractivity contribution in [3.05, 3.63) is 6.42 Å². The van der Waals surface area contributed by atoms with Gasteiger partial charge in [-0.05, 0) is 6.42 Å². The number of hydrogen-bond donors (Lipinski definition) is 0. The topological polar surface area (TPSA) is 47.6 Å². The van der Waals surface area contributed by atoms with Crippen molar-refractivity contribution in [3.63, 3.8) is 0 Å². The van der Waals surface area contributed by atoms with Crippen LogP contribution in [0.15, 0.2) is 0 Å². The minimum Gasteiger partial charge on any atom is -0.198 e. The van der Waals surface area contributed by atoms with Crippen LogP contribution < -0.4 is 0 Å². The van der Waals surface area contributed by atoms with Gasteiger partial charge in [-0.2, -0.15) is 5.26 Å². The summed E-state index contributed by atoms with van der Waals surface area (Å²) in [6, 6.07) is 3.84. The quantitative estimate of drug-likeness (QED) is 0.530. The molecule has 0 heterocycles. The van der Waals surface area contributed by atoms with Gasteiger partial charge in [0.25, 0.3) is 0 Å². The molecule has 9 heavy (non-hydrogen) atoms. The zero-order valence-electron chi connectivity index (χ0n) is 5.39. The van der Waals surface area contributed by atoms with Crippen molar-refractivity contribution < 1.29 is 0 Å². The van der Waals surface area contributed by atoms with Gasteiger partial charge in [0.2, 0.25) is 0 Å². The monoisotopic (exact) mass is 120 g/mol. The molecule has 0 aromatic carbocycles. The first-order chi connectivity index (χ1) is 4.35. The van der Waals surface area contributed by atoms with E-state index >= 15 is 0 Å². The summed E-state index contributed by atoms with van der Waals surface area (Å²) in [4.78, 5) is 0. The lowest BCUT2D eigenvalue weighted by atomic mass is 10.0. The predicted molar refractivity (Wildman–Crippen MR) is 32.9 cm³/mol. The Bertz CT molecular complexity index is 138. The fourth-order valence-corrected chi connectivity index (χ4v) is 0.450. The van der Waals surface area contributed by atoms with Crippen LogP contribution in [0.3, 0.4) is 0 Å². The van der Waals surface area contributed by atoms with Crippen LogP contribution in [0.25, 0.3) is 0 Å². The third-order valence-corrected chi connectivity index (χ3v) is 1.10. The number of nitrogens with zero attached hydrogens (tertiary/aromatic N) is 2. The predicted octanol–water partition coefficient (Wildman–Crippen LogP) is 1.53. The molecule has 2 nitrogen and oxygen atoms in total. The normalized spacial score (nSPS) is 11.0. The fourth-order valence-electron chi connectivity index (χ4n) is 0.450. The number of nitriles is 2. The molecule has 0 bridgehead atoms. The lowest BCUT2D eigenvalue weighted by molar-refractivity contribution is 0.639. The molecular weight excluding hydrogens is 112 g/mol. The standard InChI is InChI=1S/C7H8N2/c1-2-7(6-9)4-3-5-8/h7H,2,4H2,1H3/q+1. The summed E-state index contributed by atoms with van der Waals surface area (Å²) in [7, 11) is 0. The molecule has 0 aliphatic rings. The van der Waals surface area contributed by atoms with Crippen LogP contribution >= 0.6 is 0 Å². The molecular formula is C7H8N2+. The summed E-state index contributed by atoms with van der Waals surface area (Å²) in [5.74, 6) is -0.0235. The fraction of sp³-hybridized carbons (Fsp3) is 0.571. The van der Waals surface area contributed by atoms with E-state index in [1.54, 1.807) is 6.07 Å². The maximum absolute atomic E-state index is 8.35. The Balaban J connectivity index is 3.37. The average Bonchev–Trinajstić information content (AvgIpc) is 1.91. The van der Waals surface area contributed by atoms with Crippen LogP contribution in [-0.2, 0) is 0 Å². The summed E-state index contributed by atoms with van der Waals surface area (Å²) >= 11 is 0. The summed E-state index contributed by atoms with van der Waals surface area (Å²) < 4.78 is 0. The summed E-state index contributed by atoms with van der Waals surface area (Å²) in [6.45, 7) is 1.92. The van der Waals surface area contributed by atoms with Crippen molar-refractivity contribution in [2.45, 2.75) is 19.8 Å². The van der Waals surface area contributed by atoms with Crippen LogP contribution in [0.1, 0.15) is 19.8 Å². The Morgan fingerprint density at radius 2 is 2.22 bits per heavy atom. The second-order valence-electron chi connectivity index (χ2n) is 1.73. The van der Waals surface area contributed by atoms with E-state index in [0.717, 1.165) is 6.42 Å². The molecule has 0 aromatic rings. The largest absolute Gasteiger partial charge is 0.402 e. The molecule has 0 spiro atoms. The minimum absolute atomic E-state index is 0.0235. The Kier molecular flexibility index (Phi) is 4.36. The lowest BCUT2D eigenvalue weighted by Crippen LogP contribution is -1.93. The van der Waals surface area contributed by atoms with Crippen molar-refractivity contribution in [2.75, 3.05) is 0 Å². The van der Waals surface area contributed by atoms with Crippen molar-refractivity contribution in [2.24, 2.45) is 5.92 Å². The van der Waals surface area contributed by atoms with Crippen LogP contribution in [0, 0.1) is 35.0 Å². The highest BCUT2D eigenvalue weighted by molar-refractivity contribution is 4.96. The zero-order chi connectivity index (χ0) is 7.11. The maximum Gasteiger partial charge on any atom is 0.402 e. The molecule has 0 amide bonds. The van der Waals surface area contributed by atoms with Crippen molar-refractivity contribution in [1.29, 1.82) is 10.5 Å². The van der Waals surface area contributed by atoms with Crippen LogP contribution in [-0.4, -0.2) is 0 Å². The zero-order valence-corrected chi connectivity index (χ0v) is 5.39. The van der Waals surface area contributed by atoms with E-state index in [-0.39, 0.29) is 5.92 Å². The van der Waals surface area contributed by atoms with E-state index in [0.29, 0.717) is 6.42 Å². The smallest absolute Gasteiger partial charge is 0.198 e. The van der Waals surface area contributed by atoms with Gasteiger partial charge in [0.15, 0.2) is 6.42 Å². The minimum atomic E-state index is -0.0235. The van der Waals surface area contributed by atoms with Gasteiger partial charge in [0.05, 0.1) is 12.0 Å². The molecule has 0 fully saturated rings. The molecule has 45 valence electrons. The highest BCUT2D eigenvalue weighted by atomic mass is 14.3. The van der Waals surface area contributed by atoms with Crippen molar-refractivity contribution in [3.8, 4) is 12.1 Å². The van der Waals surface area contributed by atoms with E-state index in [1.165, 1.54) is 0 Å². The molecule has 2 heteroatoms. The van der Waals surface area contributed by atoms with E-state index in [1.807, 2.05) is 6.92 Å². The summed E-state index contributed by atoms with van der Waals surface area (Å²) in [6.07, 6.45) is 3.71. The molecule has 0 N–H and O–H groups in total. The first kappa shape index (κ1) is 7.85. The van der Waals surface area contributed by atoms with E-state index in [9.17, 15) is 0 Å². The Hall–Kier alpha value is -1.15. The second kappa shape index (κ2) is 5.00. The van der Waals surface area contributed by atoms with Gasteiger partial charge in [-0.15, -0.1) is 5.26 Å². The molecule has 1 radical (unpaired) electrons. The van der Waals surface area contributed by atoms with Crippen LogP contribution in [0.5, 0.6) is 0 Å². The van der Waals surface area contributed by atoms with Gasteiger partial charge in [-0.25, -0.2) is 0 Å². The van der Waals surface area contributed by atoms with Crippen molar-refractivity contribution >= 4 is 0 Å². The van der Waals surface area contributed by atoms with Crippen molar-refractivity contribution in [1.82, 2.24) is 0 Å². The molecule has 0 saturated carbocycles. The Labute approximate surface area is 55.7 Å².